The van der Waals surface area contributed by atoms with E-state index in [9.17, 15) is 8.42 Å². The van der Waals surface area contributed by atoms with Crippen molar-refractivity contribution in [2.24, 2.45) is 0 Å². The summed E-state index contributed by atoms with van der Waals surface area (Å²) in [6, 6.07) is 15.4. The smallest absolute Gasteiger partial charge is 0.214 e. The molecule has 1 aliphatic heterocycles. The van der Waals surface area contributed by atoms with Gasteiger partial charge in [-0.25, -0.2) is 8.42 Å². The maximum Gasteiger partial charge on any atom is 0.214 e. The average molecular weight is 500 g/mol. The third kappa shape index (κ3) is 7.44. The minimum absolute atomic E-state index is 0.190. The summed E-state index contributed by atoms with van der Waals surface area (Å²) in [4.78, 5) is 2.31. The SMILES string of the molecule is CCCCS(=O)(=O)N1CCN(CCCOC(c2ccc(Cl)cc2)c2ccc(Cl)cc2)CC1. The Labute approximate surface area is 202 Å². The summed E-state index contributed by atoms with van der Waals surface area (Å²) in [5.74, 6) is 0.258. The van der Waals surface area contributed by atoms with E-state index in [-0.39, 0.29) is 11.9 Å². The van der Waals surface area contributed by atoms with Crippen LogP contribution in [0.3, 0.4) is 0 Å². The van der Waals surface area contributed by atoms with E-state index in [1.807, 2.05) is 55.5 Å². The van der Waals surface area contributed by atoms with Gasteiger partial charge in [-0.2, -0.15) is 4.31 Å². The van der Waals surface area contributed by atoms with Gasteiger partial charge in [0.25, 0.3) is 0 Å². The predicted molar refractivity (Wildman–Crippen MR) is 132 cm³/mol. The molecule has 0 N–H and O–H groups in total. The fraction of sp³-hybridized carbons (Fsp3) is 0.500. The Morgan fingerprint density at radius 1 is 0.875 bits per heavy atom. The molecule has 0 aromatic heterocycles. The second-order valence-corrected chi connectivity index (χ2v) is 11.1. The van der Waals surface area contributed by atoms with Crippen molar-refractivity contribution in [3.63, 3.8) is 0 Å². The molecule has 2 aromatic rings. The van der Waals surface area contributed by atoms with Crippen LogP contribution in [-0.2, 0) is 14.8 Å². The van der Waals surface area contributed by atoms with Gasteiger partial charge in [-0.3, -0.25) is 0 Å². The quantitative estimate of drug-likeness (QED) is 0.397. The molecule has 1 saturated heterocycles. The third-order valence-corrected chi connectivity index (χ3v) is 8.19. The Balaban J connectivity index is 1.49. The van der Waals surface area contributed by atoms with Crippen LogP contribution in [0.4, 0.5) is 0 Å². The van der Waals surface area contributed by atoms with Gasteiger partial charge in [-0.05, 0) is 48.2 Å². The Bertz CT molecular complexity index is 883. The number of rotatable bonds is 11. The van der Waals surface area contributed by atoms with Crippen molar-refractivity contribution in [2.75, 3.05) is 45.1 Å². The van der Waals surface area contributed by atoms with E-state index in [2.05, 4.69) is 4.90 Å². The maximum atomic E-state index is 12.4. The summed E-state index contributed by atoms with van der Waals surface area (Å²) in [6.07, 6.45) is 2.31. The molecule has 0 unspecified atom stereocenters. The topological polar surface area (TPSA) is 49.9 Å². The zero-order valence-corrected chi connectivity index (χ0v) is 20.9. The van der Waals surface area contributed by atoms with Gasteiger partial charge < -0.3 is 9.64 Å². The molecule has 0 radical (unpaired) electrons. The third-order valence-electron chi connectivity index (χ3n) is 5.73. The van der Waals surface area contributed by atoms with Gasteiger partial charge in [0.1, 0.15) is 6.10 Å². The highest BCUT2D eigenvalue weighted by Crippen LogP contribution is 2.28. The van der Waals surface area contributed by atoms with Crippen LogP contribution in [-0.4, -0.2) is 62.7 Å². The molecule has 0 saturated carbocycles. The first-order valence-electron chi connectivity index (χ1n) is 11.2. The van der Waals surface area contributed by atoms with Crippen molar-refractivity contribution in [3.05, 3.63) is 69.7 Å². The maximum absolute atomic E-state index is 12.4. The molecule has 0 spiro atoms. The van der Waals surface area contributed by atoms with Gasteiger partial charge in [-0.15, -0.1) is 0 Å². The van der Waals surface area contributed by atoms with Crippen molar-refractivity contribution in [3.8, 4) is 0 Å². The van der Waals surface area contributed by atoms with E-state index in [0.29, 0.717) is 29.7 Å². The summed E-state index contributed by atoms with van der Waals surface area (Å²) < 4.78 is 32.7. The van der Waals surface area contributed by atoms with E-state index in [0.717, 1.165) is 50.0 Å². The number of ether oxygens (including phenoxy) is 1. The molecular formula is C24H32Cl2N2O3S. The lowest BCUT2D eigenvalue weighted by molar-refractivity contribution is 0.0686. The van der Waals surface area contributed by atoms with Crippen LogP contribution < -0.4 is 0 Å². The molecule has 3 rings (SSSR count). The first kappa shape index (κ1) is 25.5. The normalized spacial score (nSPS) is 16.0. The Morgan fingerprint density at radius 2 is 1.41 bits per heavy atom. The van der Waals surface area contributed by atoms with E-state index in [4.69, 9.17) is 27.9 Å². The van der Waals surface area contributed by atoms with Crippen LogP contribution in [0, 0.1) is 0 Å². The lowest BCUT2D eigenvalue weighted by atomic mass is 10.0. The molecule has 1 fully saturated rings. The fourth-order valence-corrected chi connectivity index (χ4v) is 5.72. The number of hydrogen-bond donors (Lipinski definition) is 0. The molecule has 8 heteroatoms. The summed E-state index contributed by atoms with van der Waals surface area (Å²) in [6.45, 7) is 6.18. The van der Waals surface area contributed by atoms with Crippen molar-refractivity contribution in [1.82, 2.24) is 9.21 Å². The highest BCUT2D eigenvalue weighted by atomic mass is 35.5. The van der Waals surface area contributed by atoms with E-state index in [1.54, 1.807) is 4.31 Å². The lowest BCUT2D eigenvalue weighted by Gasteiger charge is -2.34. The molecule has 176 valence electrons. The van der Waals surface area contributed by atoms with Crippen LogP contribution >= 0.6 is 23.2 Å². The second-order valence-electron chi connectivity index (χ2n) is 8.12. The van der Waals surface area contributed by atoms with Crippen molar-refractivity contribution >= 4 is 33.2 Å². The summed E-state index contributed by atoms with van der Waals surface area (Å²) >= 11 is 12.1. The van der Waals surface area contributed by atoms with Crippen LogP contribution in [0.5, 0.6) is 0 Å². The van der Waals surface area contributed by atoms with Crippen molar-refractivity contribution < 1.29 is 13.2 Å². The summed E-state index contributed by atoms with van der Waals surface area (Å²) in [5, 5.41) is 1.39. The number of nitrogens with zero attached hydrogens (tertiary/aromatic N) is 2. The summed E-state index contributed by atoms with van der Waals surface area (Å²) in [5.41, 5.74) is 2.09. The van der Waals surface area contributed by atoms with Crippen LogP contribution in [0.25, 0.3) is 0 Å². The van der Waals surface area contributed by atoms with Crippen LogP contribution in [0.2, 0.25) is 10.0 Å². The van der Waals surface area contributed by atoms with E-state index in [1.165, 1.54) is 0 Å². The molecule has 1 heterocycles. The van der Waals surface area contributed by atoms with Gasteiger partial charge in [0.05, 0.1) is 5.75 Å². The Kier molecular flexibility index (Phi) is 9.83. The van der Waals surface area contributed by atoms with E-state index >= 15 is 0 Å². The number of hydrogen-bond acceptors (Lipinski definition) is 4. The van der Waals surface area contributed by atoms with Gasteiger partial charge in [0.15, 0.2) is 0 Å². The number of sulfonamides is 1. The first-order chi connectivity index (χ1) is 15.4. The van der Waals surface area contributed by atoms with Crippen molar-refractivity contribution in [1.29, 1.82) is 0 Å². The minimum atomic E-state index is -3.11. The molecule has 0 aliphatic carbocycles. The number of unbranched alkanes of at least 4 members (excludes halogenated alkanes) is 1. The number of piperazine rings is 1. The lowest BCUT2D eigenvalue weighted by Crippen LogP contribution is -2.49. The molecule has 0 amide bonds. The second kappa shape index (κ2) is 12.4. The predicted octanol–water partition coefficient (Wildman–Crippen LogP) is 5.24. The molecule has 1 aliphatic rings. The molecule has 2 aromatic carbocycles. The van der Waals surface area contributed by atoms with Gasteiger partial charge in [0, 0.05) is 49.4 Å². The molecule has 5 nitrogen and oxygen atoms in total. The van der Waals surface area contributed by atoms with Gasteiger partial charge >= 0.3 is 0 Å². The number of halogens is 2. The standard InChI is InChI=1S/C24H32Cl2N2O3S/c1-2-3-19-32(29,30)28-16-14-27(15-17-28)13-4-18-31-24(20-5-9-22(25)10-6-20)21-7-11-23(26)12-8-21/h5-12,24H,2-4,13-19H2,1H3. The van der Waals surface area contributed by atoms with Crippen LogP contribution in [0.15, 0.2) is 48.5 Å². The highest BCUT2D eigenvalue weighted by Gasteiger charge is 2.26. The van der Waals surface area contributed by atoms with Crippen molar-refractivity contribution in [2.45, 2.75) is 32.3 Å². The fourth-order valence-electron chi connectivity index (χ4n) is 3.84. The Morgan fingerprint density at radius 3 is 1.91 bits per heavy atom. The monoisotopic (exact) mass is 498 g/mol. The number of benzene rings is 2. The highest BCUT2D eigenvalue weighted by molar-refractivity contribution is 7.89. The Hall–Kier alpha value is -1.15. The zero-order chi connectivity index (χ0) is 23.0. The van der Waals surface area contributed by atoms with Gasteiger partial charge in [0.2, 0.25) is 10.0 Å². The largest absolute Gasteiger partial charge is 0.369 e. The molecule has 0 bridgehead atoms. The van der Waals surface area contributed by atoms with E-state index < -0.39 is 10.0 Å². The average Bonchev–Trinajstić information content (AvgIpc) is 2.80. The molecular weight excluding hydrogens is 467 g/mol. The summed E-state index contributed by atoms with van der Waals surface area (Å²) in [7, 11) is -3.11. The first-order valence-corrected chi connectivity index (χ1v) is 13.6. The van der Waals surface area contributed by atoms with Gasteiger partial charge in [-0.1, -0.05) is 60.8 Å². The van der Waals surface area contributed by atoms with Crippen LogP contribution in [0.1, 0.15) is 43.4 Å². The zero-order valence-electron chi connectivity index (χ0n) is 18.6. The minimum Gasteiger partial charge on any atom is -0.369 e. The molecule has 32 heavy (non-hydrogen) atoms. The molecule has 0 atom stereocenters.